The van der Waals surface area contributed by atoms with Crippen LogP contribution in [0.5, 0.6) is 0 Å². The average Bonchev–Trinajstić information content (AvgIpc) is 3.11. The standard InChI is InChI=1S/C21H31N3O2/c22-20(25)13-15-24(18-10-5-2-6-11-18)21(26)16-23-14-7-12-19(23)17-8-3-1-4-9-17/h2,5-6,10-11,17,19H,1,3-4,7-9,12-16H2,(H2,22,25)/t19-/m1/s1. The van der Waals surface area contributed by atoms with Crippen molar-refractivity contribution in [3.05, 3.63) is 30.3 Å². The highest BCUT2D eigenvalue weighted by atomic mass is 16.2. The zero-order valence-electron chi connectivity index (χ0n) is 15.6. The summed E-state index contributed by atoms with van der Waals surface area (Å²) in [5.74, 6) is 0.440. The van der Waals surface area contributed by atoms with E-state index in [1.165, 1.54) is 44.9 Å². The first-order valence-electron chi connectivity index (χ1n) is 10.0. The van der Waals surface area contributed by atoms with E-state index in [0.29, 0.717) is 19.1 Å². The van der Waals surface area contributed by atoms with Gasteiger partial charge in [-0.05, 0) is 50.3 Å². The zero-order valence-corrected chi connectivity index (χ0v) is 15.6. The van der Waals surface area contributed by atoms with E-state index >= 15 is 0 Å². The van der Waals surface area contributed by atoms with Gasteiger partial charge >= 0.3 is 0 Å². The molecule has 5 nitrogen and oxygen atoms in total. The van der Waals surface area contributed by atoms with Crippen LogP contribution in [0.1, 0.15) is 51.4 Å². The van der Waals surface area contributed by atoms with Crippen molar-refractivity contribution in [3.8, 4) is 0 Å². The van der Waals surface area contributed by atoms with Crippen LogP contribution in [0.2, 0.25) is 0 Å². The van der Waals surface area contributed by atoms with E-state index in [4.69, 9.17) is 5.73 Å². The van der Waals surface area contributed by atoms with Crippen molar-refractivity contribution < 1.29 is 9.59 Å². The van der Waals surface area contributed by atoms with Crippen LogP contribution in [0, 0.1) is 5.92 Å². The zero-order chi connectivity index (χ0) is 18.4. The third-order valence-corrected chi connectivity index (χ3v) is 5.90. The Kier molecular flexibility index (Phi) is 6.67. The van der Waals surface area contributed by atoms with Crippen LogP contribution in [0.4, 0.5) is 5.69 Å². The first kappa shape index (κ1) is 18.9. The summed E-state index contributed by atoms with van der Waals surface area (Å²) in [6.45, 7) is 1.79. The number of nitrogens with two attached hydrogens (primary N) is 1. The van der Waals surface area contributed by atoms with Gasteiger partial charge < -0.3 is 10.6 Å². The maximum absolute atomic E-state index is 13.1. The van der Waals surface area contributed by atoms with Gasteiger partial charge in [0.25, 0.3) is 0 Å². The Balaban J connectivity index is 1.67. The molecule has 142 valence electrons. The fraction of sp³-hybridized carbons (Fsp3) is 0.619. The molecule has 0 radical (unpaired) electrons. The summed E-state index contributed by atoms with van der Waals surface area (Å²) in [6.07, 6.45) is 9.21. The Morgan fingerprint density at radius 1 is 1.04 bits per heavy atom. The van der Waals surface area contributed by atoms with Crippen LogP contribution in [0.15, 0.2) is 30.3 Å². The number of carbonyl (C=O) groups is 2. The van der Waals surface area contributed by atoms with Crippen LogP contribution >= 0.6 is 0 Å². The van der Waals surface area contributed by atoms with Gasteiger partial charge in [-0.15, -0.1) is 0 Å². The number of primary amides is 1. The van der Waals surface area contributed by atoms with Gasteiger partial charge in [0, 0.05) is 24.7 Å². The van der Waals surface area contributed by atoms with E-state index in [-0.39, 0.29) is 18.2 Å². The molecule has 1 aliphatic heterocycles. The van der Waals surface area contributed by atoms with E-state index < -0.39 is 0 Å². The van der Waals surface area contributed by atoms with Crippen LogP contribution < -0.4 is 10.6 Å². The third-order valence-electron chi connectivity index (χ3n) is 5.90. The number of carbonyl (C=O) groups excluding carboxylic acids is 2. The van der Waals surface area contributed by atoms with Crippen molar-refractivity contribution in [3.63, 3.8) is 0 Å². The normalized spacial score (nSPS) is 21.6. The van der Waals surface area contributed by atoms with E-state index in [9.17, 15) is 9.59 Å². The molecule has 0 aromatic heterocycles. The number of para-hydroxylation sites is 1. The summed E-state index contributed by atoms with van der Waals surface area (Å²) in [6, 6.07) is 10.2. The molecule has 0 bridgehead atoms. The SMILES string of the molecule is NC(=O)CCN(C(=O)CN1CCC[C@@H]1C1CCCCC1)c1ccccc1. The monoisotopic (exact) mass is 357 g/mol. The molecule has 1 aromatic rings. The van der Waals surface area contributed by atoms with Crippen LogP contribution in [0.3, 0.4) is 0 Å². The smallest absolute Gasteiger partial charge is 0.241 e. The molecule has 1 aromatic carbocycles. The summed E-state index contributed by atoms with van der Waals surface area (Å²) in [4.78, 5) is 28.4. The molecule has 2 fully saturated rings. The second-order valence-corrected chi connectivity index (χ2v) is 7.68. The minimum atomic E-state index is -0.375. The lowest BCUT2D eigenvalue weighted by atomic mass is 9.83. The second kappa shape index (κ2) is 9.17. The molecular formula is C21H31N3O2. The molecule has 1 atom stereocenters. The molecule has 3 rings (SSSR count). The van der Waals surface area contributed by atoms with Gasteiger partial charge in [0.2, 0.25) is 11.8 Å². The van der Waals surface area contributed by atoms with Gasteiger partial charge in [-0.25, -0.2) is 0 Å². The molecule has 1 heterocycles. The molecule has 2 N–H and O–H groups in total. The van der Waals surface area contributed by atoms with E-state index in [1.54, 1.807) is 4.90 Å². The predicted molar refractivity (Wildman–Crippen MR) is 104 cm³/mol. The maximum atomic E-state index is 13.1. The first-order chi connectivity index (χ1) is 12.6. The Morgan fingerprint density at radius 3 is 2.46 bits per heavy atom. The minimum Gasteiger partial charge on any atom is -0.370 e. The lowest BCUT2D eigenvalue weighted by Gasteiger charge is -2.35. The largest absolute Gasteiger partial charge is 0.370 e. The van der Waals surface area contributed by atoms with Crippen molar-refractivity contribution in [1.29, 1.82) is 0 Å². The third kappa shape index (κ3) is 4.85. The number of anilines is 1. The molecule has 2 amide bonds. The number of amides is 2. The maximum Gasteiger partial charge on any atom is 0.241 e. The predicted octanol–water partition coefficient (Wildman–Crippen LogP) is 2.94. The molecule has 0 unspecified atom stereocenters. The van der Waals surface area contributed by atoms with Crippen molar-refractivity contribution in [2.24, 2.45) is 11.7 Å². The first-order valence-corrected chi connectivity index (χ1v) is 10.0. The number of likely N-dealkylation sites (tertiary alicyclic amines) is 1. The highest BCUT2D eigenvalue weighted by molar-refractivity contribution is 5.95. The Morgan fingerprint density at radius 2 is 1.77 bits per heavy atom. The molecular weight excluding hydrogens is 326 g/mol. The average molecular weight is 357 g/mol. The van der Waals surface area contributed by atoms with E-state index in [0.717, 1.165) is 18.2 Å². The van der Waals surface area contributed by atoms with Crippen molar-refractivity contribution in [1.82, 2.24) is 4.90 Å². The number of benzene rings is 1. The van der Waals surface area contributed by atoms with Crippen LogP contribution in [-0.2, 0) is 9.59 Å². The Bertz CT molecular complexity index is 599. The molecule has 1 saturated carbocycles. The topological polar surface area (TPSA) is 66.6 Å². The molecule has 5 heteroatoms. The molecule has 1 aliphatic carbocycles. The van der Waals surface area contributed by atoms with Crippen molar-refractivity contribution >= 4 is 17.5 Å². The van der Waals surface area contributed by atoms with E-state index in [1.807, 2.05) is 30.3 Å². The second-order valence-electron chi connectivity index (χ2n) is 7.68. The van der Waals surface area contributed by atoms with E-state index in [2.05, 4.69) is 4.90 Å². The fourth-order valence-corrected chi connectivity index (χ4v) is 4.59. The highest BCUT2D eigenvalue weighted by Gasteiger charge is 2.34. The molecule has 2 aliphatic rings. The van der Waals surface area contributed by atoms with Crippen LogP contribution in [-0.4, -0.2) is 42.4 Å². The van der Waals surface area contributed by atoms with Crippen LogP contribution in [0.25, 0.3) is 0 Å². The summed E-state index contributed by atoms with van der Waals surface area (Å²) < 4.78 is 0. The summed E-state index contributed by atoms with van der Waals surface area (Å²) in [5, 5.41) is 0. The molecule has 1 saturated heterocycles. The van der Waals surface area contributed by atoms with Gasteiger partial charge in [0.15, 0.2) is 0 Å². The van der Waals surface area contributed by atoms with Crippen molar-refractivity contribution in [2.75, 3.05) is 24.5 Å². The summed E-state index contributed by atoms with van der Waals surface area (Å²) in [7, 11) is 0. The molecule has 0 spiro atoms. The van der Waals surface area contributed by atoms with Gasteiger partial charge in [0.05, 0.1) is 6.54 Å². The number of nitrogens with zero attached hydrogens (tertiary/aromatic N) is 2. The lowest BCUT2D eigenvalue weighted by molar-refractivity contribution is -0.120. The van der Waals surface area contributed by atoms with Gasteiger partial charge in [-0.3, -0.25) is 14.5 Å². The number of hydrogen-bond acceptors (Lipinski definition) is 3. The minimum absolute atomic E-state index is 0.0696. The highest BCUT2D eigenvalue weighted by Crippen LogP contribution is 2.34. The fourth-order valence-electron chi connectivity index (χ4n) is 4.59. The molecule has 26 heavy (non-hydrogen) atoms. The van der Waals surface area contributed by atoms with Crippen molar-refractivity contribution in [2.45, 2.75) is 57.4 Å². The summed E-state index contributed by atoms with van der Waals surface area (Å²) in [5.41, 5.74) is 6.15. The Labute approximate surface area is 156 Å². The van der Waals surface area contributed by atoms with Gasteiger partial charge in [-0.2, -0.15) is 0 Å². The lowest BCUT2D eigenvalue weighted by Crippen LogP contribution is -2.45. The quantitative estimate of drug-likeness (QED) is 0.816. The number of rotatable bonds is 7. The van der Waals surface area contributed by atoms with Gasteiger partial charge in [0.1, 0.15) is 0 Å². The Hall–Kier alpha value is -1.88. The van der Waals surface area contributed by atoms with Gasteiger partial charge in [-0.1, -0.05) is 37.5 Å². The number of hydrogen-bond donors (Lipinski definition) is 1. The summed E-state index contributed by atoms with van der Waals surface area (Å²) >= 11 is 0.